The number of hydrogen-bond acceptors (Lipinski definition) is 3. The van der Waals surface area contributed by atoms with Crippen LogP contribution in [0.1, 0.15) is 6.42 Å². The van der Waals surface area contributed by atoms with Crippen LogP contribution in [0.4, 0.5) is 0 Å². The van der Waals surface area contributed by atoms with E-state index in [4.69, 9.17) is 10.5 Å². The second kappa shape index (κ2) is 5.45. The van der Waals surface area contributed by atoms with Crippen molar-refractivity contribution < 1.29 is 4.58 Å². The highest BCUT2D eigenvalue weighted by molar-refractivity contribution is 7.99. The zero-order valence-corrected chi connectivity index (χ0v) is 8.10. The lowest BCUT2D eigenvalue weighted by Gasteiger charge is -2.14. The third-order valence-electron chi connectivity index (χ3n) is 1.84. The Morgan fingerprint density at radius 2 is 2.08 bits per heavy atom. The van der Waals surface area contributed by atoms with Gasteiger partial charge in [-0.3, -0.25) is 4.58 Å². The zero-order valence-electron chi connectivity index (χ0n) is 7.29. The van der Waals surface area contributed by atoms with Gasteiger partial charge in [-0.1, -0.05) is 0 Å². The fourth-order valence-corrected chi connectivity index (χ4v) is 2.11. The largest absolute Gasteiger partial charge is 0.288 e. The number of hydrogen-bond donors (Lipinski definition) is 1. The number of nitrogens with one attached hydrogen (secondary N) is 1. The van der Waals surface area contributed by atoms with Gasteiger partial charge in [0.05, 0.1) is 19.2 Å². The number of nitrogens with zero attached hydrogens (tertiary/aromatic N) is 3. The third kappa shape index (κ3) is 2.96. The maximum atomic E-state index is 8.54. The molecule has 0 atom stereocenters. The predicted octanol–water partition coefficient (Wildman–Crippen LogP) is 0.129. The molecule has 0 aliphatic carbocycles. The average Bonchev–Trinajstić information content (AvgIpc) is 2.19. The molecule has 0 aromatic heterocycles. The quantitative estimate of drug-likeness (QED) is 0.279. The van der Waals surface area contributed by atoms with Crippen LogP contribution in [0.2, 0.25) is 0 Å². The van der Waals surface area contributed by atoms with Gasteiger partial charge in [-0.15, -0.1) is 5.26 Å². The Balaban J connectivity index is 2.69. The normalized spacial score (nSPS) is 15.7. The first-order valence-electron chi connectivity index (χ1n) is 4.09. The van der Waals surface area contributed by atoms with Gasteiger partial charge < -0.3 is 0 Å². The number of amidine groups is 1. The fraction of sp³-hybridized carbons (Fsp3) is 0.625. The van der Waals surface area contributed by atoms with Crippen LogP contribution in [0, 0.1) is 22.8 Å². The third-order valence-corrected chi connectivity index (χ3v) is 2.78. The highest BCUT2D eigenvalue weighted by Crippen LogP contribution is 2.05. The molecular formula is C8H11N4S+. The molecule has 0 unspecified atom stereocenters. The molecule has 1 N–H and O–H groups in total. The summed E-state index contributed by atoms with van der Waals surface area (Å²) in [6.45, 7) is 1.85. The summed E-state index contributed by atoms with van der Waals surface area (Å²) >= 11 is 1.90. The van der Waals surface area contributed by atoms with E-state index in [0.29, 0.717) is 0 Å². The minimum absolute atomic E-state index is 0.290. The first-order valence-corrected chi connectivity index (χ1v) is 5.24. The molecule has 0 aromatic carbocycles. The van der Waals surface area contributed by atoms with Gasteiger partial charge in [0.15, 0.2) is 0 Å². The summed E-state index contributed by atoms with van der Waals surface area (Å²) in [6.07, 6.45) is 2.15. The van der Waals surface area contributed by atoms with Crippen LogP contribution in [0.15, 0.2) is 0 Å². The Morgan fingerprint density at radius 1 is 1.38 bits per heavy atom. The van der Waals surface area contributed by atoms with Gasteiger partial charge in [-0.2, -0.15) is 22.3 Å². The molecule has 1 saturated heterocycles. The van der Waals surface area contributed by atoms with E-state index in [9.17, 15) is 0 Å². The lowest BCUT2D eigenvalue weighted by atomic mass is 10.4. The van der Waals surface area contributed by atoms with Gasteiger partial charge in [0.1, 0.15) is 6.42 Å². The van der Waals surface area contributed by atoms with Gasteiger partial charge >= 0.3 is 0 Å². The number of nitriles is 2. The topological polar surface area (TPSA) is 62.6 Å². The maximum absolute atomic E-state index is 8.54. The smallest absolute Gasteiger partial charge is 0.262 e. The molecule has 4 nitrogen and oxygen atoms in total. The van der Waals surface area contributed by atoms with Crippen molar-refractivity contribution in [3.63, 3.8) is 0 Å². The Morgan fingerprint density at radius 3 is 2.62 bits per heavy atom. The van der Waals surface area contributed by atoms with Gasteiger partial charge in [-0.05, 0) is 0 Å². The lowest BCUT2D eigenvalue weighted by Crippen LogP contribution is -2.35. The molecule has 1 aliphatic heterocycles. The average molecular weight is 195 g/mol. The molecule has 0 amide bonds. The minimum Gasteiger partial charge on any atom is -0.262 e. The minimum atomic E-state index is 0.290. The van der Waals surface area contributed by atoms with Gasteiger partial charge in [0.25, 0.3) is 12.0 Å². The van der Waals surface area contributed by atoms with Crippen LogP contribution < -0.4 is 5.32 Å². The van der Waals surface area contributed by atoms with E-state index in [1.165, 1.54) is 0 Å². The van der Waals surface area contributed by atoms with E-state index < -0.39 is 0 Å². The van der Waals surface area contributed by atoms with Crippen LogP contribution in [0.25, 0.3) is 0 Å². The summed E-state index contributed by atoms with van der Waals surface area (Å²) in [5.74, 6) is 2.88. The van der Waals surface area contributed by atoms with Crippen LogP contribution in [0.5, 0.6) is 0 Å². The van der Waals surface area contributed by atoms with Crippen LogP contribution >= 0.6 is 11.8 Å². The Bertz CT molecular complexity index is 257. The van der Waals surface area contributed by atoms with Crippen molar-refractivity contribution in [2.24, 2.45) is 0 Å². The van der Waals surface area contributed by atoms with Crippen molar-refractivity contribution in [2.75, 3.05) is 24.6 Å². The van der Waals surface area contributed by atoms with Crippen molar-refractivity contribution in [3.8, 4) is 12.3 Å². The van der Waals surface area contributed by atoms with E-state index in [1.807, 2.05) is 18.0 Å². The van der Waals surface area contributed by atoms with Crippen LogP contribution in [-0.4, -0.2) is 35.0 Å². The van der Waals surface area contributed by atoms with Gasteiger partial charge in [-0.25, -0.2) is 0 Å². The molecule has 0 spiro atoms. The highest BCUT2D eigenvalue weighted by Gasteiger charge is 2.15. The molecule has 0 radical (unpaired) electrons. The van der Waals surface area contributed by atoms with Crippen molar-refractivity contribution >= 4 is 17.6 Å². The van der Waals surface area contributed by atoms with Gasteiger partial charge in [0, 0.05) is 11.5 Å². The Kier molecular flexibility index (Phi) is 4.14. The van der Waals surface area contributed by atoms with Gasteiger partial charge in [0.2, 0.25) is 0 Å². The fourth-order valence-electron chi connectivity index (χ4n) is 1.21. The first kappa shape index (κ1) is 9.88. The van der Waals surface area contributed by atoms with E-state index in [-0.39, 0.29) is 6.42 Å². The molecule has 5 heteroatoms. The molecule has 1 rings (SSSR count). The SMILES string of the molecule is N#CCC(NC#N)=[N+]1CCSCC1. The molecule has 1 fully saturated rings. The first-order chi connectivity index (χ1) is 6.38. The van der Waals surface area contributed by atoms with Crippen molar-refractivity contribution in [2.45, 2.75) is 6.42 Å². The molecule has 1 heterocycles. The molecule has 68 valence electrons. The van der Waals surface area contributed by atoms with Crippen molar-refractivity contribution in [3.05, 3.63) is 0 Å². The van der Waals surface area contributed by atoms with Crippen LogP contribution in [-0.2, 0) is 0 Å². The van der Waals surface area contributed by atoms with Crippen LogP contribution in [0.3, 0.4) is 0 Å². The summed E-state index contributed by atoms with van der Waals surface area (Å²) < 4.78 is 2.07. The molecular weight excluding hydrogens is 184 g/mol. The van der Waals surface area contributed by atoms with E-state index >= 15 is 0 Å². The summed E-state index contributed by atoms with van der Waals surface area (Å²) in [7, 11) is 0. The molecule has 13 heavy (non-hydrogen) atoms. The molecule has 0 bridgehead atoms. The second-order valence-corrected chi connectivity index (χ2v) is 3.84. The van der Waals surface area contributed by atoms with E-state index in [0.717, 1.165) is 30.4 Å². The van der Waals surface area contributed by atoms with Crippen molar-refractivity contribution in [1.29, 1.82) is 10.5 Å². The Hall–Kier alpha value is -1.20. The standard InChI is InChI=1S/C8H10N4S/c9-2-1-8(11-7-10)12-3-5-13-6-4-12/h1,3-6H2/p+1. The number of thioether (sulfide) groups is 1. The summed E-state index contributed by atoms with van der Waals surface area (Å²) in [4.78, 5) is 0. The summed E-state index contributed by atoms with van der Waals surface area (Å²) in [5.41, 5.74) is 0. The Labute approximate surface area is 81.9 Å². The number of rotatable bonds is 1. The summed E-state index contributed by atoms with van der Waals surface area (Å²) in [5, 5.41) is 19.6. The molecule has 0 aromatic rings. The molecule has 0 saturated carbocycles. The maximum Gasteiger partial charge on any atom is 0.288 e. The predicted molar refractivity (Wildman–Crippen MR) is 51.3 cm³/mol. The second-order valence-electron chi connectivity index (χ2n) is 2.62. The summed E-state index contributed by atoms with van der Waals surface area (Å²) in [6, 6.07) is 2.05. The lowest BCUT2D eigenvalue weighted by molar-refractivity contribution is -0.523. The van der Waals surface area contributed by atoms with E-state index in [2.05, 4.69) is 16.0 Å². The monoisotopic (exact) mass is 195 g/mol. The van der Waals surface area contributed by atoms with E-state index in [1.54, 1.807) is 0 Å². The van der Waals surface area contributed by atoms with Crippen molar-refractivity contribution in [1.82, 2.24) is 5.32 Å². The zero-order chi connectivity index (χ0) is 9.52. The highest BCUT2D eigenvalue weighted by atomic mass is 32.2. The molecule has 1 aliphatic rings.